The van der Waals surface area contributed by atoms with Gasteiger partial charge >= 0.3 is 5.97 Å². The van der Waals surface area contributed by atoms with E-state index in [1.54, 1.807) is 0 Å². The summed E-state index contributed by atoms with van der Waals surface area (Å²) in [5.41, 5.74) is 2.01. The van der Waals surface area contributed by atoms with E-state index in [1.165, 1.54) is 19.2 Å². The summed E-state index contributed by atoms with van der Waals surface area (Å²) in [6.07, 6.45) is 0.591. The quantitative estimate of drug-likeness (QED) is 0.571. The first-order valence-corrected chi connectivity index (χ1v) is 9.45. The monoisotopic (exact) mass is 407 g/mol. The van der Waals surface area contributed by atoms with Gasteiger partial charge in [0.2, 0.25) is 0 Å². The van der Waals surface area contributed by atoms with Gasteiger partial charge in [-0.1, -0.05) is 60.7 Å². The summed E-state index contributed by atoms with van der Waals surface area (Å²) in [6.45, 7) is -0.468. The molecule has 3 aromatic carbocycles. The van der Waals surface area contributed by atoms with Gasteiger partial charge in [0, 0.05) is 0 Å². The minimum atomic E-state index is -0.786. The first-order chi connectivity index (χ1) is 14.6. The van der Waals surface area contributed by atoms with E-state index in [0.717, 1.165) is 17.2 Å². The number of methoxy groups -OCH3 is 1. The Morgan fingerprint density at radius 3 is 2.27 bits per heavy atom. The molecule has 30 heavy (non-hydrogen) atoms. The Hall–Kier alpha value is -3.67. The zero-order valence-electron chi connectivity index (χ0n) is 16.5. The molecule has 1 N–H and O–H groups in total. The number of amides is 1. The van der Waals surface area contributed by atoms with Gasteiger partial charge in [0.25, 0.3) is 5.91 Å². The van der Waals surface area contributed by atoms with Crippen LogP contribution in [0.3, 0.4) is 0 Å². The van der Waals surface area contributed by atoms with Crippen LogP contribution in [-0.4, -0.2) is 25.6 Å². The van der Waals surface area contributed by atoms with E-state index in [9.17, 15) is 14.0 Å². The minimum absolute atomic E-state index is 0.00462. The zero-order valence-corrected chi connectivity index (χ0v) is 16.5. The van der Waals surface area contributed by atoms with Gasteiger partial charge in [-0.15, -0.1) is 0 Å². The van der Waals surface area contributed by atoms with Gasteiger partial charge in [0.1, 0.15) is 0 Å². The van der Waals surface area contributed by atoms with Crippen LogP contribution in [0.25, 0.3) is 0 Å². The highest BCUT2D eigenvalue weighted by Gasteiger charge is 2.18. The van der Waals surface area contributed by atoms with Crippen LogP contribution < -0.4 is 10.1 Å². The standard InChI is InChI=1S/C24H22FNO4/c1-29-22-13-12-19(15-20(22)25)24(28)30-16-23(27)26-21(18-10-6-3-7-11-18)14-17-8-4-2-5-9-17/h2-13,15,21H,14,16H2,1H3,(H,26,27)/t21-/m1/s1. The molecule has 1 amide bonds. The largest absolute Gasteiger partial charge is 0.494 e. The molecule has 0 unspecified atom stereocenters. The molecule has 0 spiro atoms. The van der Waals surface area contributed by atoms with Crippen molar-refractivity contribution in [3.63, 3.8) is 0 Å². The first kappa shape index (κ1) is 21.0. The molecule has 0 aliphatic rings. The molecule has 0 radical (unpaired) electrons. The predicted molar refractivity (Wildman–Crippen MR) is 111 cm³/mol. The van der Waals surface area contributed by atoms with Crippen LogP contribution in [0.2, 0.25) is 0 Å². The second kappa shape index (κ2) is 10.2. The number of carbonyl (C=O) groups is 2. The molecule has 154 valence electrons. The van der Waals surface area contributed by atoms with E-state index >= 15 is 0 Å². The fourth-order valence-electron chi connectivity index (χ4n) is 3.03. The normalized spacial score (nSPS) is 11.4. The van der Waals surface area contributed by atoms with Gasteiger partial charge in [-0.25, -0.2) is 9.18 Å². The molecule has 5 nitrogen and oxygen atoms in total. The Balaban J connectivity index is 1.63. The Bertz CT molecular complexity index is 993. The molecule has 0 aromatic heterocycles. The van der Waals surface area contributed by atoms with Crippen LogP contribution in [0.1, 0.15) is 27.5 Å². The Morgan fingerprint density at radius 2 is 1.63 bits per heavy atom. The van der Waals surface area contributed by atoms with E-state index in [1.807, 2.05) is 60.7 Å². The van der Waals surface area contributed by atoms with E-state index < -0.39 is 24.3 Å². The number of esters is 1. The molecular weight excluding hydrogens is 385 g/mol. The molecule has 0 aliphatic heterocycles. The molecule has 0 fully saturated rings. The predicted octanol–water partition coefficient (Wildman–Crippen LogP) is 4.09. The van der Waals surface area contributed by atoms with Gasteiger partial charge in [-0.05, 0) is 35.7 Å². The van der Waals surface area contributed by atoms with Gasteiger partial charge in [0.15, 0.2) is 18.2 Å². The average molecular weight is 407 g/mol. The SMILES string of the molecule is COc1ccc(C(=O)OCC(=O)N[C@H](Cc2ccccc2)c2ccccc2)cc1F. The van der Waals surface area contributed by atoms with Crippen LogP contribution in [0.15, 0.2) is 78.9 Å². The highest BCUT2D eigenvalue weighted by molar-refractivity contribution is 5.91. The molecule has 0 saturated heterocycles. The summed E-state index contributed by atoms with van der Waals surface area (Å²) >= 11 is 0. The van der Waals surface area contributed by atoms with Gasteiger partial charge < -0.3 is 14.8 Å². The molecule has 0 saturated carbocycles. The number of carbonyl (C=O) groups excluding carboxylic acids is 2. The summed E-state index contributed by atoms with van der Waals surface area (Å²) in [6, 6.07) is 22.8. The van der Waals surface area contributed by atoms with Crippen LogP contribution in [-0.2, 0) is 16.0 Å². The third-order valence-corrected chi connectivity index (χ3v) is 4.54. The van der Waals surface area contributed by atoms with Crippen molar-refractivity contribution in [3.8, 4) is 5.75 Å². The van der Waals surface area contributed by atoms with E-state index in [-0.39, 0.29) is 17.4 Å². The Labute approximate surface area is 174 Å². The van der Waals surface area contributed by atoms with Crippen molar-refractivity contribution in [2.75, 3.05) is 13.7 Å². The molecule has 0 bridgehead atoms. The van der Waals surface area contributed by atoms with Crippen LogP contribution in [0.5, 0.6) is 5.75 Å². The lowest BCUT2D eigenvalue weighted by atomic mass is 9.99. The molecule has 3 aromatic rings. The number of nitrogens with one attached hydrogen (secondary N) is 1. The number of benzene rings is 3. The second-order valence-corrected chi connectivity index (χ2v) is 6.65. The van der Waals surface area contributed by atoms with E-state index in [4.69, 9.17) is 9.47 Å². The molecule has 0 heterocycles. The highest BCUT2D eigenvalue weighted by Crippen LogP contribution is 2.19. The van der Waals surface area contributed by atoms with Gasteiger partial charge in [0.05, 0.1) is 18.7 Å². The Morgan fingerprint density at radius 1 is 0.967 bits per heavy atom. The van der Waals surface area contributed by atoms with E-state index in [0.29, 0.717) is 6.42 Å². The fourth-order valence-corrected chi connectivity index (χ4v) is 3.03. The maximum atomic E-state index is 13.8. The van der Waals surface area contributed by atoms with Crippen LogP contribution in [0.4, 0.5) is 4.39 Å². The van der Waals surface area contributed by atoms with Crippen LogP contribution in [0, 0.1) is 5.82 Å². The summed E-state index contributed by atoms with van der Waals surface area (Å²) in [5.74, 6) is -1.88. The van der Waals surface area contributed by atoms with Crippen molar-refractivity contribution in [1.82, 2.24) is 5.32 Å². The third-order valence-electron chi connectivity index (χ3n) is 4.54. The smallest absolute Gasteiger partial charge is 0.338 e. The van der Waals surface area contributed by atoms with E-state index in [2.05, 4.69) is 5.32 Å². The molecule has 3 rings (SSSR count). The molecule has 1 atom stereocenters. The summed E-state index contributed by atoms with van der Waals surface area (Å²) in [5, 5.41) is 2.91. The molecule has 0 aliphatic carbocycles. The van der Waals surface area contributed by atoms with Crippen LogP contribution >= 0.6 is 0 Å². The topological polar surface area (TPSA) is 64.6 Å². The van der Waals surface area contributed by atoms with Crippen molar-refractivity contribution in [3.05, 3.63) is 101 Å². The lowest BCUT2D eigenvalue weighted by molar-refractivity contribution is -0.125. The van der Waals surface area contributed by atoms with Crippen molar-refractivity contribution < 1.29 is 23.5 Å². The summed E-state index contributed by atoms with van der Waals surface area (Å²) < 4.78 is 23.6. The highest BCUT2D eigenvalue weighted by atomic mass is 19.1. The average Bonchev–Trinajstić information content (AvgIpc) is 2.78. The minimum Gasteiger partial charge on any atom is -0.494 e. The molecular formula is C24H22FNO4. The Kier molecular flexibility index (Phi) is 7.16. The van der Waals surface area contributed by atoms with Gasteiger partial charge in [-0.3, -0.25) is 4.79 Å². The summed E-state index contributed by atoms with van der Waals surface area (Å²) in [4.78, 5) is 24.6. The first-order valence-electron chi connectivity index (χ1n) is 9.45. The number of halogens is 1. The maximum Gasteiger partial charge on any atom is 0.338 e. The van der Waals surface area contributed by atoms with Crippen molar-refractivity contribution in [2.45, 2.75) is 12.5 Å². The van der Waals surface area contributed by atoms with Gasteiger partial charge in [-0.2, -0.15) is 0 Å². The van der Waals surface area contributed by atoms with Crippen molar-refractivity contribution >= 4 is 11.9 Å². The lowest BCUT2D eigenvalue weighted by Crippen LogP contribution is -2.33. The van der Waals surface area contributed by atoms with Crippen molar-refractivity contribution in [2.24, 2.45) is 0 Å². The number of ether oxygens (including phenoxy) is 2. The number of rotatable bonds is 8. The third kappa shape index (κ3) is 5.67. The fraction of sp³-hybridized carbons (Fsp3) is 0.167. The number of hydrogen-bond donors (Lipinski definition) is 1. The maximum absolute atomic E-state index is 13.8. The van der Waals surface area contributed by atoms with Crippen molar-refractivity contribution in [1.29, 1.82) is 0 Å². The summed E-state index contributed by atoms with van der Waals surface area (Å²) in [7, 11) is 1.33. The zero-order chi connectivity index (χ0) is 21.3. The second-order valence-electron chi connectivity index (χ2n) is 6.65. The lowest BCUT2D eigenvalue weighted by Gasteiger charge is -2.19. The number of hydrogen-bond acceptors (Lipinski definition) is 4. The molecule has 6 heteroatoms.